The fourth-order valence-electron chi connectivity index (χ4n) is 3.72. The zero-order valence-electron chi connectivity index (χ0n) is 16.9. The van der Waals surface area contributed by atoms with Crippen LogP contribution in [0.4, 0.5) is 10.1 Å². The van der Waals surface area contributed by atoms with Crippen molar-refractivity contribution in [2.75, 3.05) is 32.0 Å². The Hall–Kier alpha value is -3.84. The number of nitriles is 1. The molecule has 0 bridgehead atoms. The summed E-state index contributed by atoms with van der Waals surface area (Å²) in [4.78, 5) is 26.6. The van der Waals surface area contributed by atoms with Crippen LogP contribution in [0.2, 0.25) is 0 Å². The molecule has 2 aromatic heterocycles. The van der Waals surface area contributed by atoms with Crippen LogP contribution in [0.25, 0.3) is 11.2 Å². The third-order valence-electron chi connectivity index (χ3n) is 5.30. The molecule has 1 aromatic carbocycles. The molecule has 0 spiro atoms. The van der Waals surface area contributed by atoms with Gasteiger partial charge in [-0.3, -0.25) is 15.1 Å². The molecular formula is C21H21FN8O. The van der Waals surface area contributed by atoms with Crippen molar-refractivity contribution >= 4 is 28.5 Å². The van der Waals surface area contributed by atoms with Crippen LogP contribution in [0.3, 0.4) is 0 Å². The van der Waals surface area contributed by atoms with Gasteiger partial charge in [0.1, 0.15) is 17.0 Å². The number of fused-ring (bicyclic) bond motifs is 1. The Kier molecular flexibility index (Phi) is 5.60. The normalized spacial score (nSPS) is 16.2. The van der Waals surface area contributed by atoms with Gasteiger partial charge in [0.15, 0.2) is 5.65 Å². The molecule has 1 saturated heterocycles. The lowest BCUT2D eigenvalue weighted by Crippen LogP contribution is -2.37. The Morgan fingerprint density at radius 2 is 2.29 bits per heavy atom. The molecule has 0 saturated carbocycles. The number of aromatic amines is 1. The van der Waals surface area contributed by atoms with Crippen molar-refractivity contribution in [2.24, 2.45) is 0 Å². The predicted molar refractivity (Wildman–Crippen MR) is 114 cm³/mol. The van der Waals surface area contributed by atoms with Gasteiger partial charge in [0.05, 0.1) is 30.1 Å². The van der Waals surface area contributed by atoms with E-state index in [0.29, 0.717) is 41.1 Å². The van der Waals surface area contributed by atoms with Crippen molar-refractivity contribution in [1.29, 1.82) is 10.7 Å². The smallest absolute Gasteiger partial charge is 0.255 e. The minimum atomic E-state index is -0.410. The van der Waals surface area contributed by atoms with Gasteiger partial charge in [0.25, 0.3) is 5.91 Å². The Morgan fingerprint density at radius 3 is 3.06 bits per heavy atom. The van der Waals surface area contributed by atoms with E-state index in [1.165, 1.54) is 24.4 Å². The highest BCUT2D eigenvalue weighted by Crippen LogP contribution is 2.22. The second-order valence-corrected chi connectivity index (χ2v) is 7.32. The van der Waals surface area contributed by atoms with Crippen LogP contribution in [0.1, 0.15) is 28.0 Å². The van der Waals surface area contributed by atoms with E-state index in [0.717, 1.165) is 13.0 Å². The molecule has 1 amide bonds. The van der Waals surface area contributed by atoms with E-state index in [1.807, 2.05) is 4.90 Å². The number of benzene rings is 1. The molecule has 3 heterocycles. The maximum absolute atomic E-state index is 13.5. The first kappa shape index (κ1) is 20.4. The number of nitrogens with zero attached hydrogens (tertiary/aromatic N) is 4. The standard InChI is InChI=1S/C21H21FN8O/c1-25-16-8-12(22)2-3-14(16)18(24)17-10-27-20-19(29-17)15(9-26-20)21(31)28-13-4-6-30(11-13)7-5-23/h2-3,8-10,13,24-25H,4,6-7,11H2,1H3,(H,26,27)(H,28,31). The summed E-state index contributed by atoms with van der Waals surface area (Å²) in [7, 11) is 1.65. The van der Waals surface area contributed by atoms with Gasteiger partial charge in [0.2, 0.25) is 0 Å². The van der Waals surface area contributed by atoms with Crippen molar-refractivity contribution in [3.63, 3.8) is 0 Å². The van der Waals surface area contributed by atoms with Gasteiger partial charge in [-0.2, -0.15) is 5.26 Å². The van der Waals surface area contributed by atoms with Crippen molar-refractivity contribution in [1.82, 2.24) is 25.2 Å². The summed E-state index contributed by atoms with van der Waals surface area (Å²) in [5.74, 6) is -0.696. The number of H-pyrrole nitrogens is 1. The fourth-order valence-corrected chi connectivity index (χ4v) is 3.72. The second-order valence-electron chi connectivity index (χ2n) is 7.32. The summed E-state index contributed by atoms with van der Waals surface area (Å²) >= 11 is 0. The van der Waals surface area contributed by atoms with Gasteiger partial charge < -0.3 is 15.6 Å². The number of anilines is 1. The van der Waals surface area contributed by atoms with Gasteiger partial charge in [-0.1, -0.05) is 0 Å². The van der Waals surface area contributed by atoms with E-state index in [1.54, 1.807) is 13.2 Å². The summed E-state index contributed by atoms with van der Waals surface area (Å²) in [5.41, 5.74) is 2.40. The summed E-state index contributed by atoms with van der Waals surface area (Å²) in [6.45, 7) is 1.73. The van der Waals surface area contributed by atoms with Gasteiger partial charge >= 0.3 is 0 Å². The lowest BCUT2D eigenvalue weighted by atomic mass is 10.1. The molecule has 0 radical (unpaired) electrons. The number of hydrogen-bond donors (Lipinski definition) is 4. The maximum atomic E-state index is 13.5. The zero-order chi connectivity index (χ0) is 22.0. The van der Waals surface area contributed by atoms with Crippen LogP contribution in [0.15, 0.2) is 30.6 Å². The first-order chi connectivity index (χ1) is 15.0. The van der Waals surface area contributed by atoms with Crippen LogP contribution in [0, 0.1) is 22.6 Å². The second kappa shape index (κ2) is 8.49. The Morgan fingerprint density at radius 1 is 1.45 bits per heavy atom. The van der Waals surface area contributed by atoms with E-state index in [2.05, 4.69) is 31.7 Å². The van der Waals surface area contributed by atoms with Crippen molar-refractivity contribution in [3.8, 4) is 6.07 Å². The lowest BCUT2D eigenvalue weighted by molar-refractivity contribution is 0.0939. The highest BCUT2D eigenvalue weighted by molar-refractivity contribution is 6.14. The average molecular weight is 420 g/mol. The van der Waals surface area contributed by atoms with Crippen LogP contribution >= 0.6 is 0 Å². The molecule has 0 aliphatic carbocycles. The maximum Gasteiger partial charge on any atom is 0.255 e. The number of carbonyl (C=O) groups excluding carboxylic acids is 1. The molecule has 1 atom stereocenters. The van der Waals surface area contributed by atoms with E-state index in [9.17, 15) is 9.18 Å². The highest BCUT2D eigenvalue weighted by Gasteiger charge is 2.25. The number of carbonyl (C=O) groups is 1. The Bertz CT molecular complexity index is 1200. The first-order valence-electron chi connectivity index (χ1n) is 9.81. The fraction of sp³-hybridized carbons (Fsp3) is 0.286. The minimum absolute atomic E-state index is 0.0438. The largest absolute Gasteiger partial charge is 0.387 e. The molecule has 1 fully saturated rings. The third kappa shape index (κ3) is 4.08. The molecular weight excluding hydrogens is 399 g/mol. The van der Waals surface area contributed by atoms with Gasteiger partial charge in [-0.25, -0.2) is 14.4 Å². The molecule has 1 unspecified atom stereocenters. The molecule has 31 heavy (non-hydrogen) atoms. The Labute approximate surface area is 177 Å². The predicted octanol–water partition coefficient (Wildman–Crippen LogP) is 1.88. The molecule has 10 heteroatoms. The van der Waals surface area contributed by atoms with E-state index < -0.39 is 5.82 Å². The number of rotatable bonds is 6. The van der Waals surface area contributed by atoms with Crippen LogP contribution < -0.4 is 10.6 Å². The van der Waals surface area contributed by atoms with E-state index >= 15 is 0 Å². The van der Waals surface area contributed by atoms with Crippen molar-refractivity contribution < 1.29 is 9.18 Å². The first-order valence-corrected chi connectivity index (χ1v) is 9.81. The van der Waals surface area contributed by atoms with Crippen molar-refractivity contribution in [2.45, 2.75) is 12.5 Å². The number of likely N-dealkylation sites (tertiary alicyclic amines) is 1. The molecule has 4 N–H and O–H groups in total. The topological polar surface area (TPSA) is 134 Å². The van der Waals surface area contributed by atoms with Gasteiger partial charge in [-0.15, -0.1) is 0 Å². The Balaban J connectivity index is 1.59. The van der Waals surface area contributed by atoms with Gasteiger partial charge in [0, 0.05) is 43.6 Å². The zero-order valence-corrected chi connectivity index (χ0v) is 16.9. The summed E-state index contributed by atoms with van der Waals surface area (Å²) in [5, 5.41) is 23.2. The number of amides is 1. The molecule has 1 aliphatic rings. The van der Waals surface area contributed by atoms with E-state index in [4.69, 9.17) is 10.7 Å². The van der Waals surface area contributed by atoms with Gasteiger partial charge in [-0.05, 0) is 24.6 Å². The molecule has 1 aliphatic heterocycles. The lowest BCUT2D eigenvalue weighted by Gasteiger charge is -2.13. The van der Waals surface area contributed by atoms with E-state index in [-0.39, 0.29) is 23.4 Å². The summed E-state index contributed by atoms with van der Waals surface area (Å²) in [6, 6.07) is 6.17. The monoisotopic (exact) mass is 420 g/mol. The summed E-state index contributed by atoms with van der Waals surface area (Å²) in [6.07, 6.45) is 3.77. The SMILES string of the molecule is CNc1cc(F)ccc1C(=N)c1cnc2[nH]cc(C(=O)NC3CCN(CC#N)C3)c2n1. The number of nitrogens with one attached hydrogen (secondary N) is 4. The molecule has 9 nitrogen and oxygen atoms in total. The number of halogens is 1. The summed E-state index contributed by atoms with van der Waals surface area (Å²) < 4.78 is 13.5. The molecule has 3 aromatic rings. The minimum Gasteiger partial charge on any atom is -0.387 e. The van der Waals surface area contributed by atoms with Crippen LogP contribution in [-0.4, -0.2) is 64.2 Å². The molecule has 158 valence electrons. The molecule has 4 rings (SSSR count). The quantitative estimate of drug-likeness (QED) is 0.355. The third-order valence-corrected chi connectivity index (χ3v) is 5.30. The van der Waals surface area contributed by atoms with Crippen molar-refractivity contribution in [3.05, 3.63) is 53.2 Å². The average Bonchev–Trinajstić information content (AvgIpc) is 3.39. The van der Waals surface area contributed by atoms with Crippen LogP contribution in [-0.2, 0) is 0 Å². The number of hydrogen-bond acceptors (Lipinski definition) is 7. The highest BCUT2D eigenvalue weighted by atomic mass is 19.1. The number of aromatic nitrogens is 3. The van der Waals surface area contributed by atoms with Crippen LogP contribution in [0.5, 0.6) is 0 Å².